The monoisotopic (exact) mass is 245 g/mol. The summed E-state index contributed by atoms with van der Waals surface area (Å²) in [5, 5.41) is 6.90. The molecule has 0 spiro atoms. The van der Waals surface area contributed by atoms with Crippen LogP contribution in [0, 0.1) is 6.92 Å². The van der Waals surface area contributed by atoms with Crippen molar-refractivity contribution in [3.8, 4) is 0 Å². The zero-order valence-electron chi connectivity index (χ0n) is 10.7. The maximum atomic E-state index is 11.6. The van der Waals surface area contributed by atoms with Gasteiger partial charge in [-0.3, -0.25) is 0 Å². The molecule has 0 saturated heterocycles. The van der Waals surface area contributed by atoms with Crippen molar-refractivity contribution in [3.05, 3.63) is 29.8 Å². The van der Waals surface area contributed by atoms with E-state index in [0.717, 1.165) is 24.2 Å². The number of hydrazone groups is 1. The molecule has 2 N–H and O–H groups in total. The number of benzene rings is 1. The summed E-state index contributed by atoms with van der Waals surface area (Å²) < 4.78 is 0. The Bertz CT molecular complexity index is 429. The van der Waals surface area contributed by atoms with Crippen molar-refractivity contribution in [2.24, 2.45) is 5.10 Å². The fourth-order valence-corrected chi connectivity index (χ4v) is 2.00. The number of aryl methyl sites for hydroxylation is 1. The number of carbonyl (C=O) groups excluding carboxylic acids is 1. The van der Waals surface area contributed by atoms with Gasteiger partial charge >= 0.3 is 6.03 Å². The number of hydrogen-bond donors (Lipinski definition) is 2. The van der Waals surface area contributed by atoms with Crippen molar-refractivity contribution in [1.29, 1.82) is 0 Å². The van der Waals surface area contributed by atoms with Crippen molar-refractivity contribution >= 4 is 17.4 Å². The van der Waals surface area contributed by atoms with E-state index in [0.29, 0.717) is 0 Å². The van der Waals surface area contributed by atoms with Gasteiger partial charge in [0, 0.05) is 11.4 Å². The quantitative estimate of drug-likeness (QED) is 0.770. The largest absolute Gasteiger partial charge is 0.339 e. The van der Waals surface area contributed by atoms with Crippen LogP contribution in [0.25, 0.3) is 0 Å². The van der Waals surface area contributed by atoms with Crippen LogP contribution in [-0.2, 0) is 0 Å². The standard InChI is InChI=1S/C14H19N3O/c1-11-7-9-12(10-8-11)15-14(18)17-16-13-5-3-2-4-6-13/h7-10H,2-6H2,1H3,(H2,15,17,18). The first-order valence-electron chi connectivity index (χ1n) is 6.43. The van der Waals surface area contributed by atoms with Crippen LogP contribution in [0.3, 0.4) is 0 Å². The SMILES string of the molecule is Cc1ccc(NC(=O)NN=C2CCCCC2)cc1. The summed E-state index contributed by atoms with van der Waals surface area (Å²) >= 11 is 0. The second-order valence-electron chi connectivity index (χ2n) is 4.67. The van der Waals surface area contributed by atoms with Crippen LogP contribution in [0.5, 0.6) is 0 Å². The Morgan fingerprint density at radius 2 is 1.78 bits per heavy atom. The highest BCUT2D eigenvalue weighted by atomic mass is 16.2. The van der Waals surface area contributed by atoms with Gasteiger partial charge in [-0.15, -0.1) is 0 Å². The molecule has 1 aromatic rings. The molecular weight excluding hydrogens is 226 g/mol. The van der Waals surface area contributed by atoms with Crippen molar-refractivity contribution in [2.45, 2.75) is 39.0 Å². The third kappa shape index (κ3) is 3.87. The van der Waals surface area contributed by atoms with Gasteiger partial charge in [0.05, 0.1) is 0 Å². The van der Waals surface area contributed by atoms with Crippen LogP contribution in [0.2, 0.25) is 0 Å². The summed E-state index contributed by atoms with van der Waals surface area (Å²) in [6.07, 6.45) is 5.64. The summed E-state index contributed by atoms with van der Waals surface area (Å²) in [5.74, 6) is 0. The van der Waals surface area contributed by atoms with Gasteiger partial charge in [-0.2, -0.15) is 5.10 Å². The number of rotatable bonds is 2. The fraction of sp³-hybridized carbons (Fsp3) is 0.429. The molecule has 1 saturated carbocycles. The molecular formula is C14H19N3O. The summed E-state index contributed by atoms with van der Waals surface area (Å²) in [6, 6.07) is 7.40. The number of carbonyl (C=O) groups is 1. The molecule has 0 atom stereocenters. The maximum Gasteiger partial charge on any atom is 0.339 e. The van der Waals surface area contributed by atoms with E-state index in [-0.39, 0.29) is 6.03 Å². The zero-order chi connectivity index (χ0) is 12.8. The van der Waals surface area contributed by atoms with Crippen LogP contribution in [-0.4, -0.2) is 11.7 Å². The first kappa shape index (κ1) is 12.6. The van der Waals surface area contributed by atoms with Gasteiger partial charge in [0.15, 0.2) is 0 Å². The molecule has 0 aliphatic heterocycles. The van der Waals surface area contributed by atoms with Crippen molar-refractivity contribution < 1.29 is 4.79 Å². The van der Waals surface area contributed by atoms with E-state index in [4.69, 9.17) is 0 Å². The van der Waals surface area contributed by atoms with Crippen LogP contribution >= 0.6 is 0 Å². The molecule has 1 aliphatic carbocycles. The van der Waals surface area contributed by atoms with Crippen LogP contribution < -0.4 is 10.7 Å². The van der Waals surface area contributed by atoms with E-state index < -0.39 is 0 Å². The van der Waals surface area contributed by atoms with Gasteiger partial charge in [0.2, 0.25) is 0 Å². The molecule has 2 amide bonds. The number of nitrogens with zero attached hydrogens (tertiary/aromatic N) is 1. The molecule has 2 rings (SSSR count). The summed E-state index contributed by atoms with van der Waals surface area (Å²) in [6.45, 7) is 2.01. The van der Waals surface area contributed by atoms with E-state index >= 15 is 0 Å². The summed E-state index contributed by atoms with van der Waals surface area (Å²) in [5.41, 5.74) is 5.60. The lowest BCUT2D eigenvalue weighted by atomic mass is 9.99. The molecule has 0 bridgehead atoms. The van der Waals surface area contributed by atoms with Gasteiger partial charge in [0.1, 0.15) is 0 Å². The van der Waals surface area contributed by atoms with Gasteiger partial charge in [-0.25, -0.2) is 10.2 Å². The molecule has 1 aliphatic rings. The lowest BCUT2D eigenvalue weighted by Crippen LogP contribution is -2.25. The lowest BCUT2D eigenvalue weighted by Gasteiger charge is -2.12. The maximum absolute atomic E-state index is 11.6. The number of nitrogens with one attached hydrogen (secondary N) is 2. The summed E-state index contributed by atoms with van der Waals surface area (Å²) in [4.78, 5) is 11.6. The van der Waals surface area contributed by atoms with E-state index in [2.05, 4.69) is 15.8 Å². The smallest absolute Gasteiger partial charge is 0.307 e. The average Bonchev–Trinajstić information content (AvgIpc) is 2.40. The van der Waals surface area contributed by atoms with E-state index in [1.165, 1.54) is 24.8 Å². The second-order valence-corrected chi connectivity index (χ2v) is 4.67. The van der Waals surface area contributed by atoms with E-state index in [9.17, 15) is 4.79 Å². The highest BCUT2D eigenvalue weighted by Gasteiger charge is 2.07. The molecule has 4 heteroatoms. The third-order valence-corrected chi connectivity index (χ3v) is 3.06. The molecule has 0 radical (unpaired) electrons. The number of urea groups is 1. The second kappa shape index (κ2) is 6.19. The van der Waals surface area contributed by atoms with Gasteiger partial charge < -0.3 is 5.32 Å². The average molecular weight is 245 g/mol. The highest BCUT2D eigenvalue weighted by Crippen LogP contribution is 2.14. The Kier molecular flexibility index (Phi) is 4.34. The van der Waals surface area contributed by atoms with Crippen LogP contribution in [0.15, 0.2) is 29.4 Å². The first-order chi connectivity index (χ1) is 8.74. The predicted octanol–water partition coefficient (Wildman–Crippen LogP) is 3.44. The number of anilines is 1. The minimum Gasteiger partial charge on any atom is -0.307 e. The Morgan fingerprint density at radius 3 is 2.44 bits per heavy atom. The minimum atomic E-state index is -0.281. The van der Waals surface area contributed by atoms with Crippen LogP contribution in [0.4, 0.5) is 10.5 Å². The number of amides is 2. The van der Waals surface area contributed by atoms with Gasteiger partial charge in [-0.05, 0) is 44.7 Å². The normalized spacial score (nSPS) is 15.1. The topological polar surface area (TPSA) is 53.5 Å². The van der Waals surface area contributed by atoms with E-state index in [1.807, 2.05) is 31.2 Å². The molecule has 96 valence electrons. The molecule has 18 heavy (non-hydrogen) atoms. The van der Waals surface area contributed by atoms with Crippen LogP contribution in [0.1, 0.15) is 37.7 Å². The molecule has 1 fully saturated rings. The predicted molar refractivity (Wildman–Crippen MR) is 73.9 cm³/mol. The first-order valence-corrected chi connectivity index (χ1v) is 6.43. The third-order valence-electron chi connectivity index (χ3n) is 3.06. The highest BCUT2D eigenvalue weighted by molar-refractivity contribution is 5.91. The lowest BCUT2D eigenvalue weighted by molar-refractivity contribution is 0.252. The Morgan fingerprint density at radius 1 is 1.11 bits per heavy atom. The van der Waals surface area contributed by atoms with E-state index in [1.54, 1.807) is 0 Å². The molecule has 0 unspecified atom stereocenters. The fourth-order valence-electron chi connectivity index (χ4n) is 2.00. The van der Waals surface area contributed by atoms with Crippen molar-refractivity contribution in [1.82, 2.24) is 5.43 Å². The molecule has 4 nitrogen and oxygen atoms in total. The van der Waals surface area contributed by atoms with Crippen molar-refractivity contribution in [3.63, 3.8) is 0 Å². The Hall–Kier alpha value is -1.84. The number of hydrogen-bond acceptors (Lipinski definition) is 2. The van der Waals surface area contributed by atoms with Gasteiger partial charge in [0.25, 0.3) is 0 Å². The minimum absolute atomic E-state index is 0.281. The molecule has 0 heterocycles. The Labute approximate surface area is 107 Å². The molecule has 0 aromatic heterocycles. The van der Waals surface area contributed by atoms with Crippen molar-refractivity contribution in [2.75, 3.05) is 5.32 Å². The zero-order valence-corrected chi connectivity index (χ0v) is 10.7. The summed E-state index contributed by atoms with van der Waals surface area (Å²) in [7, 11) is 0. The van der Waals surface area contributed by atoms with Gasteiger partial charge in [-0.1, -0.05) is 24.1 Å². The Balaban J connectivity index is 1.83. The molecule has 1 aromatic carbocycles.